The molecule has 4 heterocycles. The molecule has 4 aliphatic rings. The van der Waals surface area contributed by atoms with Crippen molar-refractivity contribution in [3.05, 3.63) is 108 Å². The average Bonchev–Trinajstić information content (AvgIpc) is 3.45. The Bertz CT molecular complexity index is 2780. The van der Waals surface area contributed by atoms with Gasteiger partial charge in [-0.2, -0.15) is 0 Å². The zero-order valence-corrected chi connectivity index (χ0v) is 46.4. The third-order valence-corrected chi connectivity index (χ3v) is 14.3. The van der Waals surface area contributed by atoms with E-state index in [9.17, 15) is 48.6 Å². The number of carboxylic acid groups (broad SMARTS) is 1. The number of hydrogen-bond donors (Lipinski definition) is 6. The first-order chi connectivity index (χ1) is 37.6. The molecule has 8 atom stereocenters. The largest absolute Gasteiger partial charge is 0.486 e. The van der Waals surface area contributed by atoms with Crippen LogP contribution in [-0.2, 0) is 43.1 Å². The second-order valence-corrected chi connectivity index (χ2v) is 21.2. The number of hydrogen-bond acceptors (Lipinski definition) is 14. The number of esters is 1. The van der Waals surface area contributed by atoms with Crippen LogP contribution in [0, 0.1) is 23.7 Å². The van der Waals surface area contributed by atoms with E-state index in [4.69, 9.17) is 14.2 Å². The molecule has 8 rings (SSSR count). The van der Waals surface area contributed by atoms with Crippen molar-refractivity contribution in [1.82, 2.24) is 31.5 Å². The summed E-state index contributed by atoms with van der Waals surface area (Å²) in [5.74, 6) is -3.98. The summed E-state index contributed by atoms with van der Waals surface area (Å²) < 4.78 is 17.2. The van der Waals surface area contributed by atoms with E-state index in [0.29, 0.717) is 50.3 Å². The second-order valence-electron chi connectivity index (χ2n) is 21.2. The third kappa shape index (κ3) is 17.3. The van der Waals surface area contributed by atoms with Gasteiger partial charge in [-0.15, -0.1) is 0 Å². The predicted molar refractivity (Wildman–Crippen MR) is 294 cm³/mol. The summed E-state index contributed by atoms with van der Waals surface area (Å²) in [6.07, 6.45) is 1.00. The molecule has 79 heavy (non-hydrogen) atoms. The number of carbonyl (C=O) groups excluding carboxylic acids is 7. The predicted octanol–water partition coefficient (Wildman–Crippen LogP) is 6.68. The highest BCUT2D eigenvalue weighted by atomic mass is 16.5. The number of ether oxygens (including phenoxy) is 3. The van der Waals surface area contributed by atoms with Crippen LogP contribution >= 0.6 is 0 Å². The van der Waals surface area contributed by atoms with Gasteiger partial charge in [0.2, 0.25) is 11.8 Å². The first kappa shape index (κ1) is 60.7. The van der Waals surface area contributed by atoms with Crippen molar-refractivity contribution in [1.29, 1.82) is 0 Å². The minimum absolute atomic E-state index is 0.00332. The van der Waals surface area contributed by atoms with E-state index in [2.05, 4.69) is 21.5 Å². The Labute approximate surface area is 462 Å². The summed E-state index contributed by atoms with van der Waals surface area (Å²) in [6.45, 7) is 14.5. The molecule has 19 nitrogen and oxygen atoms in total. The molecule has 0 unspecified atom stereocenters. The fourth-order valence-corrected chi connectivity index (χ4v) is 9.43. The van der Waals surface area contributed by atoms with Gasteiger partial charge in [0.05, 0.1) is 6.10 Å². The molecule has 4 amide bonds. The van der Waals surface area contributed by atoms with Crippen LogP contribution in [0.3, 0.4) is 0 Å². The van der Waals surface area contributed by atoms with Crippen molar-refractivity contribution in [2.75, 3.05) is 26.3 Å². The van der Waals surface area contributed by atoms with Crippen LogP contribution < -0.4 is 31.0 Å². The monoisotopic (exact) mass is 1090 g/mol. The lowest BCUT2D eigenvalue weighted by Gasteiger charge is -2.35. The smallest absolute Gasteiger partial charge is 0.325 e. The van der Waals surface area contributed by atoms with Crippen molar-refractivity contribution >= 4 is 47.1 Å². The Morgan fingerprint density at radius 1 is 0.785 bits per heavy atom. The van der Waals surface area contributed by atoms with Crippen LogP contribution in [0.2, 0.25) is 0 Å². The molecule has 6 N–H and O–H groups in total. The van der Waals surface area contributed by atoms with E-state index < -0.39 is 72.0 Å². The number of benzene rings is 4. The molecule has 4 aromatic rings. The minimum atomic E-state index is -1.03. The second kappa shape index (κ2) is 28.4. The lowest BCUT2D eigenvalue weighted by atomic mass is 9.89. The number of rotatable bonds is 13. The van der Waals surface area contributed by atoms with Gasteiger partial charge < -0.3 is 35.1 Å². The fraction of sp³-hybridized carbons (Fsp3) is 0.467. The lowest BCUT2D eigenvalue weighted by Crippen LogP contribution is -2.59. The maximum absolute atomic E-state index is 13.1. The summed E-state index contributed by atoms with van der Waals surface area (Å²) in [4.78, 5) is 102. The quantitative estimate of drug-likeness (QED) is 0.0763. The van der Waals surface area contributed by atoms with E-state index in [1.807, 2.05) is 107 Å². The van der Waals surface area contributed by atoms with Gasteiger partial charge in [0.1, 0.15) is 55.0 Å². The van der Waals surface area contributed by atoms with Crippen LogP contribution in [-0.4, -0.2) is 118 Å². The number of ketones is 2. The number of hydrazine groups is 2. The SMILES string of the molecule is CC(C)[C@@H]1CC(=O)COc2ccc(cc2)-c2cccc(c2)[C@@H](C)OC(=O)[C@@H]2CCCN(N2)C(=O)[C@H](C)NC1=O.CC(C)[C@H](CC(=O)COc1ccc(-c2cccc([C@@H](C)O)c2)cc1)C(=O)N[C@@H](C)C(=O)N1CCC[C@@H](C(=O)O)N1. The average molecular weight is 1090 g/mol. The third-order valence-electron chi connectivity index (χ3n) is 14.3. The van der Waals surface area contributed by atoms with Gasteiger partial charge in [0, 0.05) is 37.8 Å². The summed E-state index contributed by atoms with van der Waals surface area (Å²) >= 11 is 0. The van der Waals surface area contributed by atoms with E-state index in [1.54, 1.807) is 45.0 Å². The van der Waals surface area contributed by atoms with Gasteiger partial charge in [0.15, 0.2) is 11.6 Å². The molecule has 0 aliphatic carbocycles. The Hall–Kier alpha value is -7.48. The maximum atomic E-state index is 13.1. The highest BCUT2D eigenvalue weighted by molar-refractivity contribution is 5.93. The first-order valence-corrected chi connectivity index (χ1v) is 27.1. The van der Waals surface area contributed by atoms with E-state index in [-0.39, 0.29) is 61.3 Å². The molecule has 2 fully saturated rings. The summed E-state index contributed by atoms with van der Waals surface area (Å²) in [6, 6.07) is 26.8. The van der Waals surface area contributed by atoms with Gasteiger partial charge in [-0.05, 0) is 135 Å². The van der Waals surface area contributed by atoms with Gasteiger partial charge in [-0.3, -0.25) is 48.4 Å². The van der Waals surface area contributed by atoms with Crippen LogP contribution in [0.25, 0.3) is 22.3 Å². The molecule has 4 aliphatic heterocycles. The van der Waals surface area contributed by atoms with Gasteiger partial charge >= 0.3 is 11.9 Å². The molecule has 4 aromatic carbocycles. The minimum Gasteiger partial charge on any atom is -0.486 e. The number of aliphatic carboxylic acids is 1. The Morgan fingerprint density at radius 2 is 1.43 bits per heavy atom. The first-order valence-electron chi connectivity index (χ1n) is 27.1. The van der Waals surface area contributed by atoms with Crippen LogP contribution in [0.1, 0.15) is 117 Å². The van der Waals surface area contributed by atoms with Gasteiger partial charge in [-0.1, -0.05) is 88.4 Å². The number of aliphatic hydroxyl groups is 1. The molecule has 0 aromatic heterocycles. The summed E-state index contributed by atoms with van der Waals surface area (Å²) in [7, 11) is 0. The number of aliphatic hydroxyl groups excluding tert-OH is 1. The molecular weight excluding hydrogens is 1010 g/mol. The molecule has 424 valence electrons. The lowest BCUT2D eigenvalue weighted by molar-refractivity contribution is -0.157. The number of amides is 4. The standard InChI is InChI=1S/C30H39N3O7.C30H37N3O6/c1-18(2)26(28(36)31-19(3)29(37)33-14-6-9-27(32-33)30(38)39)16-24(35)17-40-25-12-10-21(11-13-25)23-8-5-7-22(15-23)20(4)34;1-18(2)26-16-24(34)17-38-25-12-10-21(11-13-25)23-8-5-7-22(15-23)20(4)39-30(37)27-9-6-14-33(32-27)29(36)19(3)31-28(26)35/h5,7-8,10-13,15,18-20,26-27,32,34H,6,9,14,16-17H2,1-4H3,(H,31,36)(H,38,39);5,7-8,10-13,15,18-20,26-27,32H,6,9,14,16-17H2,1-4H3,(H,31,35)/t2*19-,20+,26-,27-/m00/s1. The zero-order chi connectivity index (χ0) is 57.5. The molecule has 0 spiro atoms. The van der Waals surface area contributed by atoms with E-state index in [0.717, 1.165) is 33.4 Å². The Balaban J connectivity index is 0.000000255. The van der Waals surface area contributed by atoms with Gasteiger partial charge in [0.25, 0.3) is 11.8 Å². The van der Waals surface area contributed by atoms with Crippen molar-refractivity contribution < 1.29 is 62.8 Å². The molecular formula is C60H76N6O13. The highest BCUT2D eigenvalue weighted by Gasteiger charge is 2.35. The van der Waals surface area contributed by atoms with E-state index in [1.165, 1.54) is 10.0 Å². The topological polar surface area (TPSA) is 259 Å². The van der Waals surface area contributed by atoms with Crippen molar-refractivity contribution in [2.45, 2.75) is 130 Å². The van der Waals surface area contributed by atoms with Gasteiger partial charge in [-0.25, -0.2) is 10.9 Å². The number of fused-ring (bicyclic) bond motifs is 12. The number of nitrogens with one attached hydrogen (secondary N) is 4. The van der Waals surface area contributed by atoms with Crippen LogP contribution in [0.15, 0.2) is 97.1 Å². The zero-order valence-electron chi connectivity index (χ0n) is 46.4. The highest BCUT2D eigenvalue weighted by Crippen LogP contribution is 2.29. The molecule has 19 heteroatoms. The fourth-order valence-electron chi connectivity index (χ4n) is 9.43. The Morgan fingerprint density at radius 3 is 2.08 bits per heavy atom. The van der Waals surface area contributed by atoms with E-state index >= 15 is 0 Å². The number of carboxylic acids is 1. The number of nitrogens with zero attached hydrogens (tertiary/aromatic N) is 2. The van der Waals surface area contributed by atoms with Crippen LogP contribution in [0.4, 0.5) is 0 Å². The van der Waals surface area contributed by atoms with Crippen molar-refractivity contribution in [3.8, 4) is 33.8 Å². The number of Topliss-reactive ketones (excluding diaryl/α,β-unsaturated/α-hetero) is 2. The van der Waals surface area contributed by atoms with Crippen molar-refractivity contribution in [3.63, 3.8) is 0 Å². The summed E-state index contributed by atoms with van der Waals surface area (Å²) in [5.41, 5.74) is 11.1. The molecule has 6 bridgehead atoms. The molecule has 0 radical (unpaired) electrons. The Kier molecular flexibility index (Phi) is 21.8. The summed E-state index contributed by atoms with van der Waals surface area (Å²) in [5, 5.41) is 27.1. The van der Waals surface area contributed by atoms with Crippen molar-refractivity contribution in [2.24, 2.45) is 23.7 Å². The number of carbonyl (C=O) groups is 8. The molecule has 0 saturated carbocycles. The molecule has 2 saturated heterocycles. The maximum Gasteiger partial charge on any atom is 0.325 e. The van der Waals surface area contributed by atoms with Crippen LogP contribution in [0.5, 0.6) is 11.5 Å². The normalized spacial score (nSPS) is 21.4.